The van der Waals surface area contributed by atoms with Gasteiger partial charge in [-0.25, -0.2) is 4.68 Å². The van der Waals surface area contributed by atoms with Crippen molar-refractivity contribution in [2.45, 2.75) is 33.4 Å². The van der Waals surface area contributed by atoms with E-state index < -0.39 is 4.92 Å². The Bertz CT molecular complexity index is 669. The number of hydrogen-bond acceptors (Lipinski definition) is 5. The van der Waals surface area contributed by atoms with E-state index in [1.807, 2.05) is 13.8 Å². The Morgan fingerprint density at radius 1 is 1.48 bits per heavy atom. The van der Waals surface area contributed by atoms with Gasteiger partial charge >= 0.3 is 0 Å². The van der Waals surface area contributed by atoms with Crippen LogP contribution in [0, 0.1) is 17.0 Å². The van der Waals surface area contributed by atoms with Crippen molar-refractivity contribution in [3.8, 4) is 5.69 Å². The molecule has 0 atom stereocenters. The zero-order valence-corrected chi connectivity index (χ0v) is 13.6. The van der Waals surface area contributed by atoms with Gasteiger partial charge in [0.05, 0.1) is 22.5 Å². The van der Waals surface area contributed by atoms with Gasteiger partial charge in [0.25, 0.3) is 5.69 Å². The van der Waals surface area contributed by atoms with Gasteiger partial charge < -0.3 is 5.32 Å². The second-order valence-electron chi connectivity index (χ2n) is 5.04. The summed E-state index contributed by atoms with van der Waals surface area (Å²) in [6, 6.07) is 3.55. The summed E-state index contributed by atoms with van der Waals surface area (Å²) in [5.41, 5.74) is 2.03. The quantitative estimate of drug-likeness (QED) is 0.659. The van der Waals surface area contributed by atoms with E-state index in [0.717, 1.165) is 10.2 Å². The fraction of sp³-hybridized carbons (Fsp3) is 0.385. The second kappa shape index (κ2) is 6.31. The molecule has 0 saturated carbocycles. The second-order valence-corrected chi connectivity index (χ2v) is 5.89. The van der Waals surface area contributed by atoms with Crippen molar-refractivity contribution >= 4 is 21.6 Å². The number of halogens is 1. The molecule has 0 amide bonds. The molecule has 8 heteroatoms. The fourth-order valence-corrected chi connectivity index (χ4v) is 2.47. The monoisotopic (exact) mass is 353 g/mol. The molecule has 7 nitrogen and oxygen atoms in total. The van der Waals surface area contributed by atoms with E-state index in [-0.39, 0.29) is 5.69 Å². The summed E-state index contributed by atoms with van der Waals surface area (Å²) in [6.45, 7) is 6.39. The van der Waals surface area contributed by atoms with Crippen LogP contribution < -0.4 is 5.32 Å². The zero-order chi connectivity index (χ0) is 15.6. The maximum Gasteiger partial charge on any atom is 0.274 e. The fourth-order valence-electron chi connectivity index (χ4n) is 1.83. The Kier molecular flexibility index (Phi) is 4.69. The van der Waals surface area contributed by atoms with Crippen LogP contribution in [-0.4, -0.2) is 26.0 Å². The third kappa shape index (κ3) is 3.64. The zero-order valence-electron chi connectivity index (χ0n) is 12.0. The number of nitrogens with zero attached hydrogens (tertiary/aromatic N) is 4. The van der Waals surface area contributed by atoms with Crippen LogP contribution in [0.2, 0.25) is 0 Å². The van der Waals surface area contributed by atoms with E-state index in [1.165, 1.54) is 10.7 Å². The lowest BCUT2D eigenvalue weighted by atomic mass is 10.2. The summed E-state index contributed by atoms with van der Waals surface area (Å²) in [7, 11) is 0. The SMILES string of the molecule is Cc1cc(Br)c(-n2cc(CNC(C)C)nn2)cc1[N+](=O)[O-]. The van der Waals surface area contributed by atoms with E-state index >= 15 is 0 Å². The summed E-state index contributed by atoms with van der Waals surface area (Å²) < 4.78 is 2.27. The number of nitro groups is 1. The molecular formula is C13H16BrN5O2. The largest absolute Gasteiger partial charge is 0.309 e. The first-order valence-electron chi connectivity index (χ1n) is 6.48. The van der Waals surface area contributed by atoms with Crippen LogP contribution in [0.4, 0.5) is 5.69 Å². The minimum atomic E-state index is -0.399. The molecule has 0 spiro atoms. The number of nitro benzene ring substituents is 1. The van der Waals surface area contributed by atoms with Gasteiger partial charge in [-0.3, -0.25) is 10.1 Å². The van der Waals surface area contributed by atoms with Crippen LogP contribution in [0.25, 0.3) is 5.69 Å². The Morgan fingerprint density at radius 3 is 2.81 bits per heavy atom. The first kappa shape index (κ1) is 15.6. The predicted molar refractivity (Wildman–Crippen MR) is 82.4 cm³/mol. The van der Waals surface area contributed by atoms with Gasteiger partial charge in [-0.1, -0.05) is 19.1 Å². The minimum Gasteiger partial charge on any atom is -0.309 e. The van der Waals surface area contributed by atoms with Gasteiger partial charge in [-0.15, -0.1) is 5.10 Å². The number of rotatable bonds is 5. The predicted octanol–water partition coefficient (Wildman–Crippen LogP) is 2.74. The highest BCUT2D eigenvalue weighted by molar-refractivity contribution is 9.10. The molecule has 0 aliphatic rings. The molecule has 0 bridgehead atoms. The lowest BCUT2D eigenvalue weighted by Crippen LogP contribution is -2.21. The first-order valence-corrected chi connectivity index (χ1v) is 7.27. The molecular weight excluding hydrogens is 338 g/mol. The molecule has 1 N–H and O–H groups in total. The van der Waals surface area contributed by atoms with Crippen LogP contribution in [0.15, 0.2) is 22.8 Å². The lowest BCUT2D eigenvalue weighted by Gasteiger charge is -2.06. The molecule has 0 fully saturated rings. The highest BCUT2D eigenvalue weighted by Gasteiger charge is 2.16. The summed E-state index contributed by atoms with van der Waals surface area (Å²) in [6.07, 6.45) is 1.76. The molecule has 21 heavy (non-hydrogen) atoms. The van der Waals surface area contributed by atoms with Crippen molar-refractivity contribution in [1.82, 2.24) is 20.3 Å². The Labute approximate surface area is 130 Å². The van der Waals surface area contributed by atoms with E-state index in [1.54, 1.807) is 19.2 Å². The van der Waals surface area contributed by atoms with E-state index in [2.05, 4.69) is 31.6 Å². The van der Waals surface area contributed by atoms with Gasteiger partial charge in [-0.2, -0.15) is 0 Å². The Morgan fingerprint density at radius 2 is 2.19 bits per heavy atom. The summed E-state index contributed by atoms with van der Waals surface area (Å²) in [5, 5.41) is 22.4. The van der Waals surface area contributed by atoms with Crippen molar-refractivity contribution in [3.05, 3.63) is 44.2 Å². The summed E-state index contributed by atoms with van der Waals surface area (Å²) >= 11 is 3.41. The highest BCUT2D eigenvalue weighted by atomic mass is 79.9. The molecule has 0 saturated heterocycles. The van der Waals surface area contributed by atoms with Gasteiger partial charge in [-0.05, 0) is 28.9 Å². The van der Waals surface area contributed by atoms with Crippen molar-refractivity contribution in [2.24, 2.45) is 0 Å². The third-order valence-corrected chi connectivity index (χ3v) is 3.58. The third-order valence-electron chi connectivity index (χ3n) is 2.94. The van der Waals surface area contributed by atoms with E-state index in [9.17, 15) is 10.1 Å². The number of nitrogens with one attached hydrogen (secondary N) is 1. The van der Waals surface area contributed by atoms with Crippen molar-refractivity contribution < 1.29 is 4.92 Å². The molecule has 112 valence electrons. The van der Waals surface area contributed by atoms with Gasteiger partial charge in [0.2, 0.25) is 0 Å². The number of aryl methyl sites for hydroxylation is 1. The van der Waals surface area contributed by atoms with Gasteiger partial charge in [0.15, 0.2) is 0 Å². The molecule has 2 rings (SSSR count). The smallest absolute Gasteiger partial charge is 0.274 e. The number of benzene rings is 1. The summed E-state index contributed by atoms with van der Waals surface area (Å²) in [5.74, 6) is 0. The number of hydrogen-bond donors (Lipinski definition) is 1. The maximum atomic E-state index is 11.0. The standard InChI is InChI=1S/C13H16BrN5O2/c1-8(2)15-6-10-7-18(17-16-10)13-5-12(19(20)21)9(3)4-11(13)14/h4-5,7-8,15H,6H2,1-3H3. The molecule has 0 aliphatic heterocycles. The van der Waals surface area contributed by atoms with Crippen LogP contribution in [-0.2, 0) is 6.54 Å². The van der Waals surface area contributed by atoms with Crippen molar-refractivity contribution in [1.29, 1.82) is 0 Å². The van der Waals surface area contributed by atoms with Gasteiger partial charge in [0.1, 0.15) is 0 Å². The van der Waals surface area contributed by atoms with E-state index in [4.69, 9.17) is 0 Å². The molecule has 2 aromatic rings. The molecule has 1 aromatic carbocycles. The molecule has 1 heterocycles. The Balaban J connectivity index is 2.33. The topological polar surface area (TPSA) is 85.9 Å². The minimum absolute atomic E-state index is 0.0607. The normalized spacial score (nSPS) is 11.1. The van der Waals surface area contributed by atoms with Crippen LogP contribution in [0.1, 0.15) is 25.1 Å². The molecule has 1 aromatic heterocycles. The maximum absolute atomic E-state index is 11.0. The molecule has 0 aliphatic carbocycles. The average molecular weight is 354 g/mol. The molecule has 0 unspecified atom stereocenters. The summed E-state index contributed by atoms with van der Waals surface area (Å²) in [4.78, 5) is 10.6. The highest BCUT2D eigenvalue weighted by Crippen LogP contribution is 2.29. The van der Waals surface area contributed by atoms with E-state index in [0.29, 0.717) is 23.8 Å². The van der Waals surface area contributed by atoms with Gasteiger partial charge in [0, 0.05) is 28.7 Å². The molecule has 0 radical (unpaired) electrons. The lowest BCUT2D eigenvalue weighted by molar-refractivity contribution is -0.385. The average Bonchev–Trinajstić information content (AvgIpc) is 2.84. The Hall–Kier alpha value is -1.80. The van der Waals surface area contributed by atoms with Crippen molar-refractivity contribution in [2.75, 3.05) is 0 Å². The van der Waals surface area contributed by atoms with Crippen LogP contribution >= 0.6 is 15.9 Å². The van der Waals surface area contributed by atoms with Crippen molar-refractivity contribution in [3.63, 3.8) is 0 Å². The van der Waals surface area contributed by atoms with Crippen LogP contribution in [0.5, 0.6) is 0 Å². The van der Waals surface area contributed by atoms with Crippen LogP contribution in [0.3, 0.4) is 0 Å². The number of aromatic nitrogens is 3. The first-order chi connectivity index (χ1) is 9.88.